The number of hydrazone groups is 1. The Kier molecular flexibility index (Phi) is 19.6. The quantitative estimate of drug-likeness (QED) is 0.178. The molecule has 2 aromatic rings. The molecule has 0 radical (unpaired) electrons. The molecule has 1 aromatic heterocycles. The van der Waals surface area contributed by atoms with Crippen LogP contribution in [0.5, 0.6) is 0 Å². The van der Waals surface area contributed by atoms with E-state index < -0.39 is 0 Å². The van der Waals surface area contributed by atoms with Crippen LogP contribution in [0.4, 0.5) is 0 Å². The monoisotopic (exact) mass is 623 g/mol. The van der Waals surface area contributed by atoms with E-state index in [2.05, 4.69) is 70.1 Å². The Morgan fingerprint density at radius 2 is 1.53 bits per heavy atom. The normalized spacial score (nSPS) is 17.4. The van der Waals surface area contributed by atoms with Crippen molar-refractivity contribution in [1.82, 2.24) is 10.3 Å². The molecular formula is C26H33Cl2N3RuS2. The minimum Gasteiger partial charge on any atom is -1.00 e. The second-order valence-corrected chi connectivity index (χ2v) is 9.27. The molecule has 34 heavy (non-hydrogen) atoms. The molecule has 2 heterocycles. The number of piperidine rings is 1. The second-order valence-electron chi connectivity index (χ2n) is 7.91. The maximum atomic E-state index is 5.44. The standard InChI is InChI=1S/C18H21N3S2.C8H12.2ClH.Ru/c22-18(20-19-14-17-7-4-12-23-17)21-10-8-16(9-11-21)13-15-5-2-1-3-6-15;1-2-4-6-8-7-5-3-1;;;/h1-7,12,14,16H,8-11,13H2,(H,20,22);1-2,7-8H,3-6H2;2*1H;/q;;;;+2/p-2/b19-14-;2-1-,8-7-;;;. The Morgan fingerprint density at radius 3 is 2.06 bits per heavy atom. The first-order valence-corrected chi connectivity index (χ1v) is 12.6. The predicted octanol–water partition coefficient (Wildman–Crippen LogP) is 0.590. The van der Waals surface area contributed by atoms with Crippen molar-refractivity contribution in [1.29, 1.82) is 0 Å². The zero-order valence-electron chi connectivity index (χ0n) is 19.3. The van der Waals surface area contributed by atoms with Gasteiger partial charge in [-0.2, -0.15) is 5.10 Å². The first-order valence-electron chi connectivity index (χ1n) is 11.3. The number of thiophene rings is 1. The topological polar surface area (TPSA) is 27.6 Å². The largest absolute Gasteiger partial charge is 2.00 e. The van der Waals surface area contributed by atoms with Gasteiger partial charge in [-0.3, -0.25) is 5.43 Å². The van der Waals surface area contributed by atoms with E-state index in [0.29, 0.717) is 0 Å². The second kappa shape index (κ2) is 20.2. The summed E-state index contributed by atoms with van der Waals surface area (Å²) in [7, 11) is 0. The molecule has 2 aliphatic rings. The summed E-state index contributed by atoms with van der Waals surface area (Å²) in [4.78, 5) is 3.35. The summed E-state index contributed by atoms with van der Waals surface area (Å²) in [6.45, 7) is 2.02. The average Bonchev–Trinajstić information content (AvgIpc) is 3.28. The number of benzene rings is 1. The number of nitrogens with one attached hydrogen (secondary N) is 1. The molecule has 186 valence electrons. The van der Waals surface area contributed by atoms with Crippen molar-refractivity contribution in [2.24, 2.45) is 11.0 Å². The van der Waals surface area contributed by atoms with E-state index in [4.69, 9.17) is 12.2 Å². The molecule has 0 spiro atoms. The summed E-state index contributed by atoms with van der Waals surface area (Å²) in [6.07, 6.45) is 19.4. The van der Waals surface area contributed by atoms with Gasteiger partial charge in [-0.25, -0.2) is 0 Å². The summed E-state index contributed by atoms with van der Waals surface area (Å²) in [5.74, 6) is 0.756. The summed E-state index contributed by atoms with van der Waals surface area (Å²) < 4.78 is 0. The molecule has 0 saturated carbocycles. The molecule has 8 heteroatoms. The van der Waals surface area contributed by atoms with Crippen LogP contribution in [0, 0.1) is 5.92 Å². The van der Waals surface area contributed by atoms with Crippen LogP contribution in [-0.2, 0) is 25.9 Å². The van der Waals surface area contributed by atoms with Gasteiger partial charge in [0.25, 0.3) is 0 Å². The smallest absolute Gasteiger partial charge is 1.00 e. The van der Waals surface area contributed by atoms with E-state index >= 15 is 0 Å². The summed E-state index contributed by atoms with van der Waals surface area (Å²) in [6, 6.07) is 14.8. The number of rotatable bonds is 4. The van der Waals surface area contributed by atoms with Crippen molar-refractivity contribution in [3.05, 3.63) is 82.6 Å². The molecule has 1 aromatic carbocycles. The molecule has 1 N–H and O–H groups in total. The Bertz CT molecular complexity index is 824. The van der Waals surface area contributed by atoms with Crippen LogP contribution in [-0.4, -0.2) is 29.3 Å². The van der Waals surface area contributed by atoms with Gasteiger partial charge in [0.15, 0.2) is 5.11 Å². The van der Waals surface area contributed by atoms with Gasteiger partial charge < -0.3 is 29.7 Å². The van der Waals surface area contributed by atoms with Gasteiger partial charge in [0.05, 0.1) is 6.21 Å². The van der Waals surface area contributed by atoms with Crippen molar-refractivity contribution in [3.63, 3.8) is 0 Å². The van der Waals surface area contributed by atoms with Crippen LogP contribution < -0.4 is 30.2 Å². The van der Waals surface area contributed by atoms with E-state index in [-0.39, 0.29) is 44.3 Å². The fourth-order valence-corrected chi connectivity index (χ4v) is 4.55. The van der Waals surface area contributed by atoms with E-state index in [9.17, 15) is 0 Å². The van der Waals surface area contributed by atoms with Crippen LogP contribution in [0.25, 0.3) is 0 Å². The van der Waals surface area contributed by atoms with Crippen molar-refractivity contribution < 1.29 is 44.3 Å². The maximum Gasteiger partial charge on any atom is 2.00 e. The SMILES string of the molecule is C1=C\CC/C=C\CC/1.S=C(N/N=C\c1cccs1)N1CCC(Cc2ccccc2)CC1.[Cl-].[Cl-].[Ru+2]. The maximum absolute atomic E-state index is 5.44. The third-order valence-corrected chi connectivity index (χ3v) is 6.65. The number of likely N-dealkylation sites (tertiary alicyclic amines) is 1. The zero-order chi connectivity index (χ0) is 21.6. The van der Waals surface area contributed by atoms with Crippen LogP contribution in [0.15, 0.2) is 77.3 Å². The van der Waals surface area contributed by atoms with Gasteiger partial charge in [-0.15, -0.1) is 11.3 Å². The Balaban J connectivity index is 0.000000852. The van der Waals surface area contributed by atoms with Gasteiger partial charge >= 0.3 is 19.5 Å². The molecule has 4 rings (SSSR count). The van der Waals surface area contributed by atoms with E-state index in [1.54, 1.807) is 11.3 Å². The van der Waals surface area contributed by atoms with Crippen LogP contribution in [0.3, 0.4) is 0 Å². The molecule has 1 saturated heterocycles. The molecule has 0 unspecified atom stereocenters. The Labute approximate surface area is 239 Å². The first-order chi connectivity index (χ1) is 15.3. The average molecular weight is 624 g/mol. The van der Waals surface area contributed by atoms with Crippen LogP contribution in [0.1, 0.15) is 49.0 Å². The van der Waals surface area contributed by atoms with E-state index in [1.807, 2.05) is 23.7 Å². The van der Waals surface area contributed by atoms with Crippen molar-refractivity contribution in [3.8, 4) is 0 Å². The fourth-order valence-electron chi connectivity index (χ4n) is 3.73. The van der Waals surface area contributed by atoms with Crippen LogP contribution in [0.2, 0.25) is 0 Å². The van der Waals surface area contributed by atoms with Crippen molar-refractivity contribution >= 4 is 34.9 Å². The molecule has 0 amide bonds. The third kappa shape index (κ3) is 13.2. The molecule has 3 nitrogen and oxygen atoms in total. The van der Waals surface area contributed by atoms with Gasteiger partial charge in [-0.1, -0.05) is 60.7 Å². The summed E-state index contributed by atoms with van der Waals surface area (Å²) >= 11 is 7.11. The fraction of sp³-hybridized carbons (Fsp3) is 0.385. The van der Waals surface area contributed by atoms with E-state index in [0.717, 1.165) is 29.0 Å². The molecule has 1 aliphatic carbocycles. The van der Waals surface area contributed by atoms with Gasteiger partial charge in [0, 0.05) is 18.0 Å². The predicted molar refractivity (Wildman–Crippen MR) is 139 cm³/mol. The van der Waals surface area contributed by atoms with E-state index in [1.165, 1.54) is 50.5 Å². The van der Waals surface area contributed by atoms with Crippen LogP contribution >= 0.6 is 23.6 Å². The molecular weight excluding hydrogens is 590 g/mol. The van der Waals surface area contributed by atoms with Gasteiger partial charge in [-0.05, 0) is 80.1 Å². The summed E-state index contributed by atoms with van der Waals surface area (Å²) in [5, 5.41) is 7.00. The Hall–Kier alpha value is -1.04. The number of hydrogen-bond acceptors (Lipinski definition) is 3. The molecule has 0 bridgehead atoms. The van der Waals surface area contributed by atoms with Crippen molar-refractivity contribution in [2.75, 3.05) is 13.1 Å². The van der Waals surface area contributed by atoms with Gasteiger partial charge in [0.1, 0.15) is 0 Å². The minimum absolute atomic E-state index is 0. The zero-order valence-corrected chi connectivity index (χ0v) is 24.2. The van der Waals surface area contributed by atoms with Gasteiger partial charge in [0.2, 0.25) is 0 Å². The number of nitrogens with zero attached hydrogens (tertiary/aromatic N) is 2. The summed E-state index contributed by atoms with van der Waals surface area (Å²) in [5.41, 5.74) is 4.43. The number of halogens is 2. The third-order valence-electron chi connectivity index (χ3n) is 5.50. The number of thiocarbonyl (C=S) groups is 1. The van der Waals surface area contributed by atoms with Crippen molar-refractivity contribution in [2.45, 2.75) is 44.9 Å². The number of hydrogen-bond donors (Lipinski definition) is 1. The molecule has 1 fully saturated rings. The Morgan fingerprint density at radius 1 is 0.941 bits per heavy atom. The minimum atomic E-state index is 0. The first kappa shape index (κ1) is 33.0. The molecule has 0 atom stereocenters. The number of allylic oxidation sites excluding steroid dienone is 4. The molecule has 1 aliphatic heterocycles.